The minimum atomic E-state index is -0.326. The molecule has 1 unspecified atom stereocenters. The van der Waals surface area contributed by atoms with Gasteiger partial charge in [0, 0.05) is 13.6 Å². The number of thiazole rings is 1. The summed E-state index contributed by atoms with van der Waals surface area (Å²) in [5, 5.41) is 7.42. The van der Waals surface area contributed by atoms with Crippen molar-refractivity contribution >= 4 is 23.3 Å². The van der Waals surface area contributed by atoms with Crippen molar-refractivity contribution in [3.8, 4) is 5.75 Å². The van der Waals surface area contributed by atoms with E-state index in [0.29, 0.717) is 29.7 Å². The highest BCUT2D eigenvalue weighted by Gasteiger charge is 2.20. The third-order valence-electron chi connectivity index (χ3n) is 4.14. The monoisotopic (exact) mass is 404 g/mol. The van der Waals surface area contributed by atoms with Crippen molar-refractivity contribution in [3.05, 3.63) is 44.9 Å². The molecule has 2 N–H and O–H groups in total. The van der Waals surface area contributed by atoms with E-state index < -0.39 is 0 Å². The first-order valence-electron chi connectivity index (χ1n) is 9.14. The fraction of sp³-hybridized carbons (Fsp3) is 0.450. The third-order valence-corrected chi connectivity index (χ3v) is 5.46. The summed E-state index contributed by atoms with van der Waals surface area (Å²) < 4.78 is 10.4. The molecule has 0 spiro atoms. The van der Waals surface area contributed by atoms with Crippen molar-refractivity contribution in [2.45, 2.75) is 40.3 Å². The molecule has 0 aliphatic rings. The van der Waals surface area contributed by atoms with E-state index in [2.05, 4.69) is 26.7 Å². The summed E-state index contributed by atoms with van der Waals surface area (Å²) in [4.78, 5) is 21.3. The standard InChI is InChI=1S/C20H28N4O3S/c1-7-27-19(25)17-13(3)23-18(28-17)14(4)24-20(21-5)22-11-15-8-9-16(26-6)12(2)10-15/h8-10,14H,7,11H2,1-6H3,(H2,21,22,24). The van der Waals surface area contributed by atoms with E-state index >= 15 is 0 Å². The zero-order chi connectivity index (χ0) is 20.7. The Bertz CT molecular complexity index is 848. The molecule has 0 fully saturated rings. The Kier molecular flexibility index (Phi) is 7.80. The molecule has 1 aromatic carbocycles. The van der Waals surface area contributed by atoms with E-state index in [1.165, 1.54) is 11.3 Å². The maximum Gasteiger partial charge on any atom is 0.350 e. The summed E-state index contributed by atoms with van der Waals surface area (Å²) >= 11 is 1.34. The van der Waals surface area contributed by atoms with Crippen LogP contribution in [-0.4, -0.2) is 37.7 Å². The number of aliphatic imine (C=N–C) groups is 1. The topological polar surface area (TPSA) is 84.8 Å². The van der Waals surface area contributed by atoms with Gasteiger partial charge in [-0.25, -0.2) is 9.78 Å². The number of carbonyl (C=O) groups is 1. The van der Waals surface area contributed by atoms with E-state index in [9.17, 15) is 4.79 Å². The van der Waals surface area contributed by atoms with Gasteiger partial charge in [-0.3, -0.25) is 4.99 Å². The molecule has 1 heterocycles. The molecule has 28 heavy (non-hydrogen) atoms. The van der Waals surface area contributed by atoms with Crippen LogP contribution in [0.2, 0.25) is 0 Å². The number of esters is 1. The second kappa shape index (κ2) is 10.1. The minimum absolute atomic E-state index is 0.101. The van der Waals surface area contributed by atoms with E-state index in [1.807, 2.05) is 32.9 Å². The van der Waals surface area contributed by atoms with Gasteiger partial charge in [0.05, 0.1) is 25.5 Å². The van der Waals surface area contributed by atoms with Crippen LogP contribution in [0.5, 0.6) is 5.75 Å². The van der Waals surface area contributed by atoms with Crippen LogP contribution in [0.3, 0.4) is 0 Å². The molecule has 0 radical (unpaired) electrons. The van der Waals surface area contributed by atoms with Gasteiger partial charge >= 0.3 is 5.97 Å². The molecule has 7 nitrogen and oxygen atoms in total. The van der Waals surface area contributed by atoms with Crippen molar-refractivity contribution in [2.24, 2.45) is 4.99 Å². The Morgan fingerprint density at radius 3 is 2.71 bits per heavy atom. The van der Waals surface area contributed by atoms with E-state index in [0.717, 1.165) is 21.9 Å². The van der Waals surface area contributed by atoms with Gasteiger partial charge in [-0.05, 0) is 44.9 Å². The number of hydrogen-bond acceptors (Lipinski definition) is 6. The van der Waals surface area contributed by atoms with Crippen LogP contribution in [0.1, 0.15) is 51.4 Å². The highest BCUT2D eigenvalue weighted by atomic mass is 32.1. The van der Waals surface area contributed by atoms with Crippen LogP contribution in [-0.2, 0) is 11.3 Å². The smallest absolute Gasteiger partial charge is 0.350 e. The van der Waals surface area contributed by atoms with E-state index in [-0.39, 0.29) is 12.0 Å². The highest BCUT2D eigenvalue weighted by molar-refractivity contribution is 7.13. The average molecular weight is 405 g/mol. The Balaban J connectivity index is 2.00. The number of nitrogens with zero attached hydrogens (tertiary/aromatic N) is 2. The normalized spacial score (nSPS) is 12.4. The Morgan fingerprint density at radius 2 is 2.11 bits per heavy atom. The predicted molar refractivity (Wildman–Crippen MR) is 112 cm³/mol. The maximum atomic E-state index is 12.0. The molecule has 0 saturated carbocycles. The lowest BCUT2D eigenvalue weighted by Crippen LogP contribution is -2.38. The van der Waals surface area contributed by atoms with E-state index in [4.69, 9.17) is 9.47 Å². The lowest BCUT2D eigenvalue weighted by Gasteiger charge is -2.16. The van der Waals surface area contributed by atoms with Gasteiger partial charge in [-0.1, -0.05) is 12.1 Å². The SMILES string of the molecule is CCOC(=O)c1sc(C(C)NC(=NC)NCc2ccc(OC)c(C)c2)nc1C. The molecular weight excluding hydrogens is 376 g/mol. The molecule has 0 amide bonds. The number of methoxy groups -OCH3 is 1. The van der Waals surface area contributed by atoms with Crippen molar-refractivity contribution in [3.63, 3.8) is 0 Å². The number of hydrogen-bond donors (Lipinski definition) is 2. The highest BCUT2D eigenvalue weighted by Crippen LogP contribution is 2.24. The first kappa shape index (κ1) is 21.7. The zero-order valence-electron chi connectivity index (χ0n) is 17.3. The lowest BCUT2D eigenvalue weighted by atomic mass is 10.1. The summed E-state index contributed by atoms with van der Waals surface area (Å²) in [6.45, 7) is 8.58. The Morgan fingerprint density at radius 1 is 1.36 bits per heavy atom. The summed E-state index contributed by atoms with van der Waals surface area (Å²) in [7, 11) is 3.39. The number of benzene rings is 1. The summed E-state index contributed by atoms with van der Waals surface area (Å²) in [5.74, 6) is 1.20. The van der Waals surface area contributed by atoms with Gasteiger partial charge in [0.25, 0.3) is 0 Å². The second-order valence-electron chi connectivity index (χ2n) is 6.28. The number of aryl methyl sites for hydroxylation is 2. The van der Waals surface area contributed by atoms with Crippen LogP contribution in [0.4, 0.5) is 0 Å². The fourth-order valence-electron chi connectivity index (χ4n) is 2.69. The third kappa shape index (κ3) is 5.45. The van der Waals surface area contributed by atoms with Gasteiger partial charge in [-0.2, -0.15) is 0 Å². The largest absolute Gasteiger partial charge is 0.496 e. The Labute approximate surface area is 170 Å². The molecular formula is C20H28N4O3S. The molecule has 2 aromatic rings. The average Bonchev–Trinajstić information content (AvgIpc) is 3.07. The number of guanidine groups is 1. The summed E-state index contributed by atoms with van der Waals surface area (Å²) in [6, 6.07) is 5.96. The number of carbonyl (C=O) groups excluding carboxylic acids is 1. The molecule has 0 saturated heterocycles. The molecule has 152 valence electrons. The molecule has 8 heteroatoms. The molecule has 0 aliphatic carbocycles. The van der Waals surface area contributed by atoms with Gasteiger partial charge in [0.1, 0.15) is 15.6 Å². The summed E-state index contributed by atoms with van der Waals surface area (Å²) in [5.41, 5.74) is 2.90. The van der Waals surface area contributed by atoms with Gasteiger partial charge < -0.3 is 20.1 Å². The number of aromatic nitrogens is 1. The van der Waals surface area contributed by atoms with E-state index in [1.54, 1.807) is 21.1 Å². The van der Waals surface area contributed by atoms with Crippen LogP contribution in [0, 0.1) is 13.8 Å². The quantitative estimate of drug-likeness (QED) is 0.418. The molecule has 1 aromatic heterocycles. The van der Waals surface area contributed by atoms with Crippen LogP contribution in [0.15, 0.2) is 23.2 Å². The minimum Gasteiger partial charge on any atom is -0.496 e. The molecule has 0 bridgehead atoms. The molecule has 0 aliphatic heterocycles. The number of ether oxygens (including phenoxy) is 2. The first-order chi connectivity index (χ1) is 13.4. The van der Waals surface area contributed by atoms with Crippen LogP contribution >= 0.6 is 11.3 Å². The fourth-order valence-corrected chi connectivity index (χ4v) is 3.65. The Hall–Kier alpha value is -2.61. The van der Waals surface area contributed by atoms with Crippen molar-refractivity contribution in [2.75, 3.05) is 20.8 Å². The summed E-state index contributed by atoms with van der Waals surface area (Å²) in [6.07, 6.45) is 0. The molecule has 1 atom stereocenters. The zero-order valence-corrected chi connectivity index (χ0v) is 18.1. The van der Waals surface area contributed by atoms with Gasteiger partial charge in [-0.15, -0.1) is 11.3 Å². The number of nitrogens with one attached hydrogen (secondary N) is 2. The second-order valence-corrected chi connectivity index (χ2v) is 7.31. The lowest BCUT2D eigenvalue weighted by molar-refractivity contribution is 0.0531. The first-order valence-corrected chi connectivity index (χ1v) is 9.96. The van der Waals surface area contributed by atoms with Gasteiger partial charge in [0.15, 0.2) is 5.96 Å². The maximum absolute atomic E-state index is 12.0. The predicted octanol–water partition coefficient (Wildman–Crippen LogP) is 3.37. The number of rotatable bonds is 7. The van der Waals surface area contributed by atoms with Crippen molar-refractivity contribution in [1.82, 2.24) is 15.6 Å². The van der Waals surface area contributed by atoms with Gasteiger partial charge in [0.2, 0.25) is 0 Å². The van der Waals surface area contributed by atoms with Crippen LogP contribution in [0.25, 0.3) is 0 Å². The van der Waals surface area contributed by atoms with Crippen LogP contribution < -0.4 is 15.4 Å². The van der Waals surface area contributed by atoms with Crippen molar-refractivity contribution in [1.29, 1.82) is 0 Å². The van der Waals surface area contributed by atoms with Crippen molar-refractivity contribution < 1.29 is 14.3 Å². The molecule has 2 rings (SSSR count).